The highest BCUT2D eigenvalue weighted by atomic mass is 19.4. The Labute approximate surface area is 134 Å². The van der Waals surface area contributed by atoms with Gasteiger partial charge in [-0.3, -0.25) is 0 Å². The van der Waals surface area contributed by atoms with Crippen molar-refractivity contribution < 1.29 is 17.9 Å². The van der Waals surface area contributed by atoms with Crippen LogP contribution in [0.5, 0.6) is 5.88 Å². The summed E-state index contributed by atoms with van der Waals surface area (Å²) in [4.78, 5) is 4.11. The molecule has 1 N–H and O–H groups in total. The number of pyridine rings is 1. The average Bonchev–Trinajstić information content (AvgIpc) is 2.97. The van der Waals surface area contributed by atoms with Crippen molar-refractivity contribution in [2.75, 3.05) is 11.9 Å². The summed E-state index contributed by atoms with van der Waals surface area (Å²) in [5.74, 6) is -0.453. The molecule has 0 saturated heterocycles. The van der Waals surface area contributed by atoms with Crippen LogP contribution in [0.2, 0.25) is 0 Å². The molecule has 0 saturated carbocycles. The van der Waals surface area contributed by atoms with E-state index in [4.69, 9.17) is 4.74 Å². The zero-order chi connectivity index (χ0) is 17.2. The van der Waals surface area contributed by atoms with Crippen LogP contribution in [0.3, 0.4) is 0 Å². The lowest BCUT2D eigenvalue weighted by Gasteiger charge is -2.10. The van der Waals surface area contributed by atoms with Gasteiger partial charge in [-0.1, -0.05) is 6.07 Å². The lowest BCUT2D eigenvalue weighted by Crippen LogP contribution is -2.13. The molecule has 3 aromatic rings. The maximum Gasteiger partial charge on any atom is 0.453 e. The number of anilines is 1. The van der Waals surface area contributed by atoms with E-state index in [9.17, 15) is 13.2 Å². The number of rotatable bonds is 5. The molecule has 0 unspecified atom stereocenters. The zero-order valence-electron chi connectivity index (χ0n) is 12.6. The van der Waals surface area contributed by atoms with Crippen LogP contribution < -0.4 is 10.1 Å². The average molecular weight is 338 g/mol. The van der Waals surface area contributed by atoms with E-state index in [2.05, 4.69) is 25.6 Å². The Bertz CT molecular complexity index is 848. The summed E-state index contributed by atoms with van der Waals surface area (Å²) in [6, 6.07) is 6.49. The number of hydrogen-bond acceptors (Lipinski definition) is 6. The number of aromatic nitrogens is 5. The van der Waals surface area contributed by atoms with Crippen LogP contribution in [0.15, 0.2) is 30.5 Å². The van der Waals surface area contributed by atoms with Gasteiger partial charge in [0.25, 0.3) is 5.82 Å². The third-order valence-corrected chi connectivity index (χ3v) is 3.11. The standard InChI is InChI=1S/C14H13F3N6O/c1-2-24-12-9(4-3-7-18-12)8-19-10-5-6-11-20-21-13(14(15,16)17)23(11)22-10/h3-7H,2,8H2,1H3,(H,19,22). The van der Waals surface area contributed by atoms with Gasteiger partial charge in [-0.2, -0.15) is 17.7 Å². The third-order valence-electron chi connectivity index (χ3n) is 3.11. The number of fused-ring (bicyclic) bond motifs is 1. The molecule has 0 aliphatic rings. The van der Waals surface area contributed by atoms with Gasteiger partial charge >= 0.3 is 6.18 Å². The molecule has 3 heterocycles. The second kappa shape index (κ2) is 6.30. The van der Waals surface area contributed by atoms with Gasteiger partial charge < -0.3 is 10.1 Å². The van der Waals surface area contributed by atoms with Crippen molar-refractivity contribution in [2.45, 2.75) is 19.6 Å². The number of alkyl halides is 3. The van der Waals surface area contributed by atoms with Gasteiger partial charge in [0.15, 0.2) is 5.65 Å². The first kappa shape index (κ1) is 16.0. The largest absolute Gasteiger partial charge is 0.478 e. The first-order chi connectivity index (χ1) is 11.5. The predicted octanol–water partition coefficient (Wildman–Crippen LogP) is 2.55. The maximum atomic E-state index is 12.9. The van der Waals surface area contributed by atoms with Gasteiger partial charge in [-0.05, 0) is 25.1 Å². The van der Waals surface area contributed by atoms with Crippen molar-refractivity contribution in [3.8, 4) is 5.88 Å². The first-order valence-corrected chi connectivity index (χ1v) is 7.09. The van der Waals surface area contributed by atoms with E-state index in [0.29, 0.717) is 23.5 Å². The summed E-state index contributed by atoms with van der Waals surface area (Å²) < 4.78 is 44.7. The molecule has 0 amide bonds. The molecule has 0 aliphatic heterocycles. The Balaban J connectivity index is 1.83. The minimum Gasteiger partial charge on any atom is -0.478 e. The Morgan fingerprint density at radius 2 is 2.04 bits per heavy atom. The predicted molar refractivity (Wildman–Crippen MR) is 78.5 cm³/mol. The Morgan fingerprint density at radius 1 is 1.21 bits per heavy atom. The van der Waals surface area contributed by atoms with E-state index < -0.39 is 12.0 Å². The topological polar surface area (TPSA) is 77.2 Å². The van der Waals surface area contributed by atoms with Gasteiger partial charge in [0.05, 0.1) is 6.61 Å². The van der Waals surface area contributed by atoms with Crippen LogP contribution >= 0.6 is 0 Å². The highest BCUT2D eigenvalue weighted by molar-refractivity contribution is 5.45. The molecule has 3 aromatic heterocycles. The van der Waals surface area contributed by atoms with Crippen molar-refractivity contribution in [2.24, 2.45) is 0 Å². The van der Waals surface area contributed by atoms with Gasteiger partial charge in [0, 0.05) is 18.3 Å². The summed E-state index contributed by atoms with van der Waals surface area (Å²) in [6.07, 6.45) is -3.03. The van der Waals surface area contributed by atoms with Crippen molar-refractivity contribution in [1.29, 1.82) is 0 Å². The molecule has 10 heteroatoms. The minimum atomic E-state index is -4.63. The monoisotopic (exact) mass is 338 g/mol. The smallest absolute Gasteiger partial charge is 0.453 e. The molecule has 0 atom stereocenters. The fourth-order valence-corrected chi connectivity index (χ4v) is 2.07. The SMILES string of the molecule is CCOc1ncccc1CNc1ccc2nnc(C(F)(F)F)n2n1. The van der Waals surface area contributed by atoms with Crippen LogP contribution in [0.4, 0.5) is 19.0 Å². The maximum absolute atomic E-state index is 12.9. The number of nitrogens with one attached hydrogen (secondary N) is 1. The number of ether oxygens (including phenoxy) is 1. The molecular formula is C14H13F3N6O. The molecule has 7 nitrogen and oxygen atoms in total. The fraction of sp³-hybridized carbons (Fsp3) is 0.286. The molecular weight excluding hydrogens is 325 g/mol. The van der Waals surface area contributed by atoms with Crippen molar-refractivity contribution in [3.63, 3.8) is 0 Å². The zero-order valence-corrected chi connectivity index (χ0v) is 12.6. The highest BCUT2D eigenvalue weighted by Crippen LogP contribution is 2.27. The lowest BCUT2D eigenvalue weighted by molar-refractivity contribution is -0.146. The van der Waals surface area contributed by atoms with E-state index in [1.807, 2.05) is 13.0 Å². The van der Waals surface area contributed by atoms with Gasteiger partial charge in [-0.15, -0.1) is 15.3 Å². The molecule has 0 aromatic carbocycles. The highest BCUT2D eigenvalue weighted by Gasteiger charge is 2.37. The van der Waals surface area contributed by atoms with Crippen molar-refractivity contribution in [3.05, 3.63) is 41.9 Å². The fourth-order valence-electron chi connectivity index (χ4n) is 2.07. The summed E-state index contributed by atoms with van der Waals surface area (Å²) >= 11 is 0. The third kappa shape index (κ3) is 3.21. The molecule has 0 aliphatic carbocycles. The molecule has 0 spiro atoms. The second-order valence-corrected chi connectivity index (χ2v) is 4.76. The Hall–Kier alpha value is -2.91. The normalized spacial score (nSPS) is 11.7. The van der Waals surface area contributed by atoms with E-state index in [-0.39, 0.29) is 11.5 Å². The molecule has 24 heavy (non-hydrogen) atoms. The van der Waals surface area contributed by atoms with E-state index in [1.165, 1.54) is 12.1 Å². The minimum absolute atomic E-state index is 0.0178. The van der Waals surface area contributed by atoms with Crippen LogP contribution in [-0.2, 0) is 12.7 Å². The van der Waals surface area contributed by atoms with E-state index in [0.717, 1.165) is 5.56 Å². The molecule has 0 bridgehead atoms. The second-order valence-electron chi connectivity index (χ2n) is 4.76. The Kier molecular flexibility index (Phi) is 4.19. The van der Waals surface area contributed by atoms with Crippen molar-refractivity contribution in [1.82, 2.24) is 24.8 Å². The van der Waals surface area contributed by atoms with E-state index >= 15 is 0 Å². The number of halogens is 3. The quantitative estimate of drug-likeness (QED) is 0.770. The van der Waals surface area contributed by atoms with E-state index in [1.54, 1.807) is 12.3 Å². The van der Waals surface area contributed by atoms with Gasteiger partial charge in [-0.25, -0.2) is 4.98 Å². The molecule has 126 valence electrons. The number of nitrogens with zero attached hydrogens (tertiary/aromatic N) is 5. The van der Waals surface area contributed by atoms with Crippen molar-refractivity contribution >= 4 is 11.5 Å². The number of hydrogen-bond donors (Lipinski definition) is 1. The van der Waals surface area contributed by atoms with Crippen LogP contribution in [0, 0.1) is 0 Å². The molecule has 3 rings (SSSR count). The summed E-state index contributed by atoms with van der Waals surface area (Å²) in [5.41, 5.74) is 0.783. The lowest BCUT2D eigenvalue weighted by atomic mass is 10.2. The van der Waals surface area contributed by atoms with Gasteiger partial charge in [0.1, 0.15) is 5.82 Å². The molecule has 0 fully saturated rings. The van der Waals surface area contributed by atoms with Crippen LogP contribution in [0.1, 0.15) is 18.3 Å². The van der Waals surface area contributed by atoms with Crippen LogP contribution in [-0.4, -0.2) is 31.4 Å². The summed E-state index contributed by atoms with van der Waals surface area (Å²) in [6.45, 7) is 2.60. The van der Waals surface area contributed by atoms with Gasteiger partial charge in [0.2, 0.25) is 5.88 Å². The Morgan fingerprint density at radius 3 is 2.79 bits per heavy atom. The van der Waals surface area contributed by atoms with Crippen LogP contribution in [0.25, 0.3) is 5.65 Å². The first-order valence-electron chi connectivity index (χ1n) is 7.09. The summed E-state index contributed by atoms with van der Waals surface area (Å²) in [7, 11) is 0. The molecule has 0 radical (unpaired) electrons. The summed E-state index contributed by atoms with van der Waals surface area (Å²) in [5, 5.41) is 13.4.